The summed E-state index contributed by atoms with van der Waals surface area (Å²) in [6, 6.07) is 9.58. The van der Waals surface area contributed by atoms with Crippen molar-refractivity contribution in [1.29, 1.82) is 0 Å². The van der Waals surface area contributed by atoms with E-state index >= 15 is 0 Å². The molecule has 0 fully saturated rings. The molecule has 2 aromatic rings. The van der Waals surface area contributed by atoms with Crippen LogP contribution in [0.3, 0.4) is 0 Å². The van der Waals surface area contributed by atoms with Crippen LogP contribution < -0.4 is 0 Å². The molecular formula is C20H23NO3. The normalized spacial score (nSPS) is 11.0. The van der Waals surface area contributed by atoms with Crippen LogP contribution in [-0.4, -0.2) is 22.9 Å². The van der Waals surface area contributed by atoms with Gasteiger partial charge in [-0.25, -0.2) is 4.79 Å². The molecule has 4 heteroatoms. The van der Waals surface area contributed by atoms with Gasteiger partial charge in [0, 0.05) is 29.6 Å². The number of carbonyl (C=O) groups is 2. The SMILES string of the molecule is CCn1c(C)cc(C(=O)COC(=O)/C=C/c2ccccc2C)c1C. The summed E-state index contributed by atoms with van der Waals surface area (Å²) < 4.78 is 7.14. The Morgan fingerprint density at radius 1 is 1.17 bits per heavy atom. The van der Waals surface area contributed by atoms with E-state index in [0.717, 1.165) is 29.1 Å². The molecule has 0 radical (unpaired) electrons. The third-order valence-corrected chi connectivity index (χ3v) is 4.12. The van der Waals surface area contributed by atoms with E-state index in [2.05, 4.69) is 4.57 Å². The van der Waals surface area contributed by atoms with Crippen molar-refractivity contribution in [2.24, 2.45) is 0 Å². The molecule has 126 valence electrons. The van der Waals surface area contributed by atoms with Gasteiger partial charge in [-0.3, -0.25) is 4.79 Å². The highest BCUT2D eigenvalue weighted by molar-refractivity contribution is 6.00. The zero-order chi connectivity index (χ0) is 17.7. The number of nitrogens with zero attached hydrogens (tertiary/aromatic N) is 1. The molecule has 0 spiro atoms. The van der Waals surface area contributed by atoms with Gasteiger partial charge in [0.15, 0.2) is 6.61 Å². The number of benzene rings is 1. The van der Waals surface area contributed by atoms with Crippen molar-refractivity contribution in [1.82, 2.24) is 4.57 Å². The van der Waals surface area contributed by atoms with E-state index in [0.29, 0.717) is 5.56 Å². The van der Waals surface area contributed by atoms with Gasteiger partial charge in [0.1, 0.15) is 0 Å². The summed E-state index contributed by atoms with van der Waals surface area (Å²) in [5.74, 6) is -0.698. The molecule has 0 aliphatic rings. The Hall–Kier alpha value is -2.62. The highest BCUT2D eigenvalue weighted by Crippen LogP contribution is 2.16. The second-order valence-electron chi connectivity index (χ2n) is 5.75. The summed E-state index contributed by atoms with van der Waals surface area (Å²) in [4.78, 5) is 24.1. The molecule has 0 bridgehead atoms. The fraction of sp³-hybridized carbons (Fsp3) is 0.300. The maximum absolute atomic E-state index is 12.3. The molecule has 0 aliphatic carbocycles. The van der Waals surface area contributed by atoms with Gasteiger partial charge in [-0.2, -0.15) is 0 Å². The van der Waals surface area contributed by atoms with Crippen LogP contribution in [0.5, 0.6) is 0 Å². The standard InChI is InChI=1S/C20H23NO3/c1-5-21-15(3)12-18(16(21)4)19(22)13-24-20(23)11-10-17-9-7-6-8-14(17)2/h6-12H,5,13H2,1-4H3/b11-10+. The third-order valence-electron chi connectivity index (χ3n) is 4.12. The van der Waals surface area contributed by atoms with Gasteiger partial charge >= 0.3 is 5.97 Å². The summed E-state index contributed by atoms with van der Waals surface area (Å²) in [5, 5.41) is 0. The first kappa shape index (κ1) is 17.7. The zero-order valence-corrected chi connectivity index (χ0v) is 14.6. The van der Waals surface area contributed by atoms with Crippen molar-refractivity contribution in [3.63, 3.8) is 0 Å². The van der Waals surface area contributed by atoms with E-state index in [1.165, 1.54) is 6.08 Å². The second kappa shape index (κ2) is 7.77. The molecule has 0 unspecified atom stereocenters. The van der Waals surface area contributed by atoms with Gasteiger partial charge in [0.05, 0.1) is 0 Å². The lowest BCUT2D eigenvalue weighted by Crippen LogP contribution is -2.13. The zero-order valence-electron chi connectivity index (χ0n) is 14.6. The van der Waals surface area contributed by atoms with Gasteiger partial charge in [-0.1, -0.05) is 24.3 Å². The van der Waals surface area contributed by atoms with Crippen molar-refractivity contribution in [2.75, 3.05) is 6.61 Å². The Labute approximate surface area is 142 Å². The van der Waals surface area contributed by atoms with Gasteiger partial charge < -0.3 is 9.30 Å². The number of hydrogen-bond donors (Lipinski definition) is 0. The number of rotatable bonds is 6. The average molecular weight is 325 g/mol. The summed E-state index contributed by atoms with van der Waals surface area (Å²) in [7, 11) is 0. The van der Waals surface area contributed by atoms with Crippen molar-refractivity contribution in [3.05, 3.63) is 64.5 Å². The van der Waals surface area contributed by atoms with Crippen LogP contribution in [0.4, 0.5) is 0 Å². The number of hydrogen-bond acceptors (Lipinski definition) is 3. The molecule has 0 atom stereocenters. The van der Waals surface area contributed by atoms with E-state index in [4.69, 9.17) is 4.74 Å². The molecule has 1 aromatic heterocycles. The summed E-state index contributed by atoms with van der Waals surface area (Å²) in [6.45, 7) is 8.44. The first-order valence-electron chi connectivity index (χ1n) is 8.04. The molecule has 0 saturated heterocycles. The molecule has 0 amide bonds. The molecule has 1 aromatic carbocycles. The van der Waals surface area contributed by atoms with Crippen molar-refractivity contribution < 1.29 is 14.3 Å². The van der Waals surface area contributed by atoms with Crippen LogP contribution in [0, 0.1) is 20.8 Å². The minimum Gasteiger partial charge on any atom is -0.454 e. The lowest BCUT2D eigenvalue weighted by Gasteiger charge is -2.06. The minimum absolute atomic E-state index is 0.180. The van der Waals surface area contributed by atoms with Crippen LogP contribution in [0.15, 0.2) is 36.4 Å². The van der Waals surface area contributed by atoms with Gasteiger partial charge in [0.2, 0.25) is 5.78 Å². The fourth-order valence-electron chi connectivity index (χ4n) is 2.76. The summed E-state index contributed by atoms with van der Waals surface area (Å²) >= 11 is 0. The van der Waals surface area contributed by atoms with E-state index < -0.39 is 5.97 Å². The minimum atomic E-state index is -0.518. The van der Waals surface area contributed by atoms with Crippen LogP contribution in [-0.2, 0) is 16.1 Å². The summed E-state index contributed by atoms with van der Waals surface area (Å²) in [5.41, 5.74) is 4.58. The number of aryl methyl sites for hydroxylation is 2. The van der Waals surface area contributed by atoms with Gasteiger partial charge in [-0.15, -0.1) is 0 Å². The average Bonchev–Trinajstić information content (AvgIpc) is 2.85. The molecule has 0 saturated carbocycles. The first-order chi connectivity index (χ1) is 11.4. The Balaban J connectivity index is 1.97. The van der Waals surface area contributed by atoms with E-state index in [9.17, 15) is 9.59 Å². The number of esters is 1. The largest absolute Gasteiger partial charge is 0.454 e. The smallest absolute Gasteiger partial charge is 0.331 e. The number of aromatic nitrogens is 1. The molecule has 24 heavy (non-hydrogen) atoms. The van der Waals surface area contributed by atoms with E-state index in [-0.39, 0.29) is 12.4 Å². The maximum atomic E-state index is 12.3. The highest BCUT2D eigenvalue weighted by atomic mass is 16.5. The van der Waals surface area contributed by atoms with Crippen molar-refractivity contribution in [3.8, 4) is 0 Å². The predicted octanol–water partition coefficient (Wildman–Crippen LogP) is 3.87. The quantitative estimate of drug-likeness (QED) is 0.460. The van der Waals surface area contributed by atoms with Crippen LogP contribution >= 0.6 is 0 Å². The molecule has 4 nitrogen and oxygen atoms in total. The van der Waals surface area contributed by atoms with Gasteiger partial charge in [-0.05, 0) is 51.0 Å². The number of carbonyl (C=O) groups excluding carboxylic acids is 2. The second-order valence-corrected chi connectivity index (χ2v) is 5.75. The number of Topliss-reactive ketones (excluding diaryl/α,β-unsaturated/α-hetero) is 1. The van der Waals surface area contributed by atoms with Crippen molar-refractivity contribution >= 4 is 17.8 Å². The maximum Gasteiger partial charge on any atom is 0.331 e. The Morgan fingerprint density at radius 3 is 2.50 bits per heavy atom. The topological polar surface area (TPSA) is 48.3 Å². The van der Waals surface area contributed by atoms with E-state index in [1.54, 1.807) is 6.08 Å². The summed E-state index contributed by atoms with van der Waals surface area (Å²) in [6.07, 6.45) is 3.05. The number of ether oxygens (including phenoxy) is 1. The molecule has 2 rings (SSSR count). The highest BCUT2D eigenvalue weighted by Gasteiger charge is 2.16. The Morgan fingerprint density at radius 2 is 1.88 bits per heavy atom. The van der Waals surface area contributed by atoms with Crippen LogP contribution in [0.2, 0.25) is 0 Å². The first-order valence-corrected chi connectivity index (χ1v) is 8.04. The molecule has 1 heterocycles. The predicted molar refractivity (Wildman–Crippen MR) is 95.1 cm³/mol. The Kier molecular flexibility index (Phi) is 5.74. The van der Waals surface area contributed by atoms with Crippen molar-refractivity contribution in [2.45, 2.75) is 34.2 Å². The van der Waals surface area contributed by atoms with Crippen LogP contribution in [0.1, 0.15) is 39.8 Å². The third kappa shape index (κ3) is 4.02. The van der Waals surface area contributed by atoms with Crippen LogP contribution in [0.25, 0.3) is 6.08 Å². The van der Waals surface area contributed by atoms with Gasteiger partial charge in [0.25, 0.3) is 0 Å². The molecular weight excluding hydrogens is 302 g/mol. The lowest BCUT2D eigenvalue weighted by atomic mass is 10.1. The molecule has 0 aliphatic heterocycles. The van der Waals surface area contributed by atoms with E-state index in [1.807, 2.05) is 58.0 Å². The number of ketones is 1. The lowest BCUT2D eigenvalue weighted by molar-refractivity contribution is -0.136. The molecule has 0 N–H and O–H groups in total. The monoisotopic (exact) mass is 325 g/mol. The fourth-order valence-corrected chi connectivity index (χ4v) is 2.76. The Bertz CT molecular complexity index is 784.